The van der Waals surface area contributed by atoms with Crippen LogP contribution in [-0.4, -0.2) is 26.5 Å². The van der Waals surface area contributed by atoms with Crippen LogP contribution >= 0.6 is 0 Å². The Balaban J connectivity index is 2.14. The smallest absolute Gasteiger partial charge is 0.185 e. The van der Waals surface area contributed by atoms with Gasteiger partial charge in [-0.25, -0.2) is 0 Å². The third-order valence-electron chi connectivity index (χ3n) is 3.30. The largest absolute Gasteiger partial charge is 0.493 e. The number of ether oxygens (including phenoxy) is 1. The van der Waals surface area contributed by atoms with Crippen molar-refractivity contribution in [1.29, 1.82) is 0 Å². The minimum Gasteiger partial charge on any atom is -0.493 e. The van der Waals surface area contributed by atoms with Gasteiger partial charge in [-0.05, 0) is 49.4 Å². The molecule has 0 aliphatic heterocycles. The number of ketones is 1. The first-order valence-corrected chi connectivity index (χ1v) is 7.33. The monoisotopic (exact) mass is 295 g/mol. The Bertz CT molecular complexity index is 657. The molecule has 0 saturated heterocycles. The number of carbonyl (C=O) groups excluding carboxylic acids is 1. The number of allylic oxidation sites excluding steroid dienone is 1. The van der Waals surface area contributed by atoms with Gasteiger partial charge in [0.15, 0.2) is 5.78 Å². The van der Waals surface area contributed by atoms with Gasteiger partial charge in [0.1, 0.15) is 5.75 Å². The van der Waals surface area contributed by atoms with E-state index in [0.29, 0.717) is 12.2 Å². The Labute approximate surface area is 131 Å². The number of hydrogen-bond acceptors (Lipinski definition) is 3. The molecule has 0 fully saturated rings. The third-order valence-corrected chi connectivity index (χ3v) is 3.30. The van der Waals surface area contributed by atoms with E-state index in [0.717, 1.165) is 17.0 Å². The van der Waals surface area contributed by atoms with Crippen LogP contribution in [0.1, 0.15) is 22.8 Å². The van der Waals surface area contributed by atoms with Gasteiger partial charge in [0.2, 0.25) is 0 Å². The van der Waals surface area contributed by atoms with E-state index in [1.54, 1.807) is 12.2 Å². The second-order valence-electron chi connectivity index (χ2n) is 5.11. The molecule has 0 unspecified atom stereocenters. The molecule has 0 atom stereocenters. The Morgan fingerprint density at radius 2 is 1.77 bits per heavy atom. The van der Waals surface area contributed by atoms with Crippen LogP contribution < -0.4 is 9.64 Å². The van der Waals surface area contributed by atoms with Crippen LogP contribution in [0, 0.1) is 0 Å². The van der Waals surface area contributed by atoms with Crippen molar-refractivity contribution < 1.29 is 9.53 Å². The summed E-state index contributed by atoms with van der Waals surface area (Å²) >= 11 is 0. The van der Waals surface area contributed by atoms with Gasteiger partial charge in [-0.3, -0.25) is 4.79 Å². The highest BCUT2D eigenvalue weighted by Crippen LogP contribution is 2.20. The molecule has 0 spiro atoms. The zero-order valence-corrected chi connectivity index (χ0v) is 13.2. The second-order valence-corrected chi connectivity index (χ2v) is 5.11. The number of carbonyl (C=O) groups is 1. The minimum atomic E-state index is -0.0170. The van der Waals surface area contributed by atoms with E-state index in [-0.39, 0.29) is 5.78 Å². The van der Waals surface area contributed by atoms with Crippen molar-refractivity contribution in [3.8, 4) is 5.75 Å². The Morgan fingerprint density at radius 1 is 1.09 bits per heavy atom. The fourth-order valence-corrected chi connectivity index (χ4v) is 2.09. The van der Waals surface area contributed by atoms with E-state index in [2.05, 4.69) is 0 Å². The quantitative estimate of drug-likeness (QED) is 0.595. The van der Waals surface area contributed by atoms with Crippen molar-refractivity contribution in [2.45, 2.75) is 6.92 Å². The van der Waals surface area contributed by atoms with Crippen LogP contribution in [0.2, 0.25) is 0 Å². The number of benzene rings is 2. The van der Waals surface area contributed by atoms with Crippen molar-refractivity contribution >= 4 is 17.5 Å². The van der Waals surface area contributed by atoms with Gasteiger partial charge in [0.05, 0.1) is 6.61 Å². The topological polar surface area (TPSA) is 29.5 Å². The van der Waals surface area contributed by atoms with Gasteiger partial charge in [-0.2, -0.15) is 0 Å². The van der Waals surface area contributed by atoms with E-state index < -0.39 is 0 Å². The zero-order chi connectivity index (χ0) is 15.9. The first-order valence-electron chi connectivity index (χ1n) is 7.33. The SMILES string of the molecule is CCOc1ccccc1C=CC(=O)c1ccc(N(C)C)cc1. The third kappa shape index (κ3) is 3.98. The maximum atomic E-state index is 12.2. The lowest BCUT2D eigenvalue weighted by Gasteiger charge is -2.11. The standard InChI is InChI=1S/C19H21NO2/c1-4-22-19-8-6-5-7-16(19)11-14-18(21)15-9-12-17(13-10-15)20(2)3/h5-14H,4H2,1-3H3. The predicted molar refractivity (Wildman–Crippen MR) is 91.7 cm³/mol. The fourth-order valence-electron chi connectivity index (χ4n) is 2.09. The lowest BCUT2D eigenvalue weighted by Crippen LogP contribution is -2.08. The van der Waals surface area contributed by atoms with E-state index in [1.807, 2.05) is 74.4 Å². The summed E-state index contributed by atoms with van der Waals surface area (Å²) in [6.07, 6.45) is 3.38. The summed E-state index contributed by atoms with van der Waals surface area (Å²) in [6.45, 7) is 2.54. The van der Waals surface area contributed by atoms with E-state index in [1.165, 1.54) is 0 Å². The molecule has 2 aromatic carbocycles. The fraction of sp³-hybridized carbons (Fsp3) is 0.211. The first-order chi connectivity index (χ1) is 10.6. The highest BCUT2D eigenvalue weighted by molar-refractivity contribution is 6.07. The molecule has 3 heteroatoms. The van der Waals surface area contributed by atoms with E-state index >= 15 is 0 Å². The number of anilines is 1. The Hall–Kier alpha value is -2.55. The molecule has 0 bridgehead atoms. The number of nitrogens with zero attached hydrogens (tertiary/aromatic N) is 1. The molecule has 3 nitrogen and oxygen atoms in total. The van der Waals surface area contributed by atoms with Crippen LogP contribution in [-0.2, 0) is 0 Å². The van der Waals surface area contributed by atoms with Gasteiger partial charge < -0.3 is 9.64 Å². The van der Waals surface area contributed by atoms with Crippen molar-refractivity contribution in [2.75, 3.05) is 25.6 Å². The van der Waals surface area contributed by atoms with E-state index in [9.17, 15) is 4.79 Å². The average molecular weight is 295 g/mol. The summed E-state index contributed by atoms with van der Waals surface area (Å²) in [5, 5.41) is 0. The van der Waals surface area contributed by atoms with Crippen molar-refractivity contribution in [2.24, 2.45) is 0 Å². The zero-order valence-electron chi connectivity index (χ0n) is 13.2. The van der Waals surface area contributed by atoms with Crippen LogP contribution in [0.4, 0.5) is 5.69 Å². The molecule has 0 heterocycles. The number of para-hydroxylation sites is 1. The first kappa shape index (κ1) is 15.8. The molecule has 0 aromatic heterocycles. The Morgan fingerprint density at radius 3 is 2.41 bits per heavy atom. The molecule has 0 aliphatic rings. The summed E-state index contributed by atoms with van der Waals surface area (Å²) in [7, 11) is 3.95. The maximum Gasteiger partial charge on any atom is 0.185 e. The lowest BCUT2D eigenvalue weighted by molar-refractivity contribution is 0.104. The average Bonchev–Trinajstić information content (AvgIpc) is 2.54. The molecule has 2 aromatic rings. The van der Waals surface area contributed by atoms with Crippen LogP contribution in [0.3, 0.4) is 0 Å². The molecule has 0 N–H and O–H groups in total. The molecular weight excluding hydrogens is 274 g/mol. The van der Waals surface area contributed by atoms with Gasteiger partial charge in [0, 0.05) is 30.9 Å². The molecular formula is C19H21NO2. The molecule has 0 aliphatic carbocycles. The van der Waals surface area contributed by atoms with Crippen LogP contribution in [0.5, 0.6) is 5.75 Å². The van der Waals surface area contributed by atoms with Crippen molar-refractivity contribution in [1.82, 2.24) is 0 Å². The van der Waals surface area contributed by atoms with E-state index in [4.69, 9.17) is 4.74 Å². The summed E-state index contributed by atoms with van der Waals surface area (Å²) < 4.78 is 5.55. The van der Waals surface area contributed by atoms with Gasteiger partial charge >= 0.3 is 0 Å². The summed E-state index contributed by atoms with van der Waals surface area (Å²) in [4.78, 5) is 14.2. The lowest BCUT2D eigenvalue weighted by atomic mass is 10.1. The van der Waals surface area contributed by atoms with Gasteiger partial charge in [-0.1, -0.05) is 18.2 Å². The highest BCUT2D eigenvalue weighted by atomic mass is 16.5. The highest BCUT2D eigenvalue weighted by Gasteiger charge is 2.04. The van der Waals surface area contributed by atoms with Crippen molar-refractivity contribution in [3.63, 3.8) is 0 Å². The summed E-state index contributed by atoms with van der Waals surface area (Å²) in [6, 6.07) is 15.3. The normalized spacial score (nSPS) is 10.7. The summed E-state index contributed by atoms with van der Waals surface area (Å²) in [5.74, 6) is 0.772. The second kappa shape index (κ2) is 7.46. The molecule has 22 heavy (non-hydrogen) atoms. The molecule has 0 amide bonds. The van der Waals surface area contributed by atoms with Gasteiger partial charge in [-0.15, -0.1) is 0 Å². The number of hydrogen-bond donors (Lipinski definition) is 0. The molecule has 0 radical (unpaired) electrons. The van der Waals surface area contributed by atoms with Crippen LogP contribution in [0.25, 0.3) is 6.08 Å². The summed E-state index contributed by atoms with van der Waals surface area (Å²) in [5.41, 5.74) is 2.65. The van der Waals surface area contributed by atoms with Crippen LogP contribution in [0.15, 0.2) is 54.6 Å². The molecule has 2 rings (SSSR count). The minimum absolute atomic E-state index is 0.0170. The Kier molecular flexibility index (Phi) is 5.37. The maximum absolute atomic E-state index is 12.2. The predicted octanol–water partition coefficient (Wildman–Crippen LogP) is 4.05. The van der Waals surface area contributed by atoms with Gasteiger partial charge in [0.25, 0.3) is 0 Å². The molecule has 0 saturated carbocycles. The molecule has 114 valence electrons. The van der Waals surface area contributed by atoms with Crippen molar-refractivity contribution in [3.05, 3.63) is 65.7 Å². The number of rotatable bonds is 6.